The molecule has 0 saturated carbocycles. The minimum absolute atomic E-state index is 0.246. The first-order chi connectivity index (χ1) is 15.7. The number of likely N-dealkylation sites (tertiary alicyclic amines) is 1. The van der Waals surface area contributed by atoms with Crippen LogP contribution in [0.3, 0.4) is 0 Å². The Morgan fingerprint density at radius 1 is 0.938 bits per heavy atom. The normalized spacial score (nSPS) is 13.2. The second-order valence-corrected chi connectivity index (χ2v) is 9.25. The second kappa shape index (κ2) is 11.2. The molecule has 1 fully saturated rings. The van der Waals surface area contributed by atoms with E-state index in [1.54, 1.807) is 0 Å². The van der Waals surface area contributed by atoms with Crippen molar-refractivity contribution in [1.29, 1.82) is 0 Å². The number of carbonyl (C=O) groups is 1. The van der Waals surface area contributed by atoms with Gasteiger partial charge in [0.2, 0.25) is 5.91 Å². The quantitative estimate of drug-likeness (QED) is 0.338. The zero-order chi connectivity index (χ0) is 22.2. The van der Waals surface area contributed by atoms with Crippen LogP contribution in [0, 0.1) is 0 Å². The van der Waals surface area contributed by atoms with Crippen LogP contribution < -0.4 is 10.6 Å². The zero-order valence-electron chi connectivity index (χ0n) is 17.9. The number of nitrogens with one attached hydrogen (secondary N) is 2. The van der Waals surface area contributed by atoms with Crippen molar-refractivity contribution in [2.45, 2.75) is 36.6 Å². The fourth-order valence-electron chi connectivity index (χ4n) is 3.68. The maximum Gasteiger partial charge on any atom is 0.222 e. The predicted molar refractivity (Wildman–Crippen MR) is 137 cm³/mol. The lowest BCUT2D eigenvalue weighted by Gasteiger charge is -2.19. The van der Waals surface area contributed by atoms with E-state index >= 15 is 0 Å². The van der Waals surface area contributed by atoms with Crippen LogP contribution in [0.4, 0.5) is 5.69 Å². The molecule has 32 heavy (non-hydrogen) atoms. The SMILES string of the molecule is O=C1CCCN1Cc1ccccc1CNC(=S)Nc1ccc(CSc2ccccc2)cc1. The zero-order valence-corrected chi connectivity index (χ0v) is 19.6. The molecule has 3 aromatic carbocycles. The number of carbonyl (C=O) groups excluding carboxylic acids is 1. The molecule has 2 N–H and O–H groups in total. The third-order valence-electron chi connectivity index (χ3n) is 5.45. The highest BCUT2D eigenvalue weighted by Gasteiger charge is 2.20. The Balaban J connectivity index is 1.26. The molecule has 0 unspecified atom stereocenters. The van der Waals surface area contributed by atoms with Crippen LogP contribution in [0.25, 0.3) is 0 Å². The van der Waals surface area contributed by atoms with Crippen molar-refractivity contribution >= 4 is 40.7 Å². The number of hydrogen-bond donors (Lipinski definition) is 2. The van der Waals surface area contributed by atoms with Gasteiger partial charge in [-0.25, -0.2) is 0 Å². The molecule has 1 saturated heterocycles. The van der Waals surface area contributed by atoms with E-state index in [-0.39, 0.29) is 5.91 Å². The third kappa shape index (κ3) is 6.34. The smallest absolute Gasteiger partial charge is 0.222 e. The Bertz CT molecular complexity index is 1050. The lowest BCUT2D eigenvalue weighted by molar-refractivity contribution is -0.128. The number of thioether (sulfide) groups is 1. The van der Waals surface area contributed by atoms with Crippen LogP contribution in [-0.2, 0) is 23.6 Å². The van der Waals surface area contributed by atoms with Crippen LogP contribution >= 0.6 is 24.0 Å². The third-order valence-corrected chi connectivity index (χ3v) is 6.78. The maximum atomic E-state index is 12.0. The average Bonchev–Trinajstić information content (AvgIpc) is 3.23. The molecular formula is C26H27N3OS2. The molecule has 0 aliphatic carbocycles. The molecule has 0 spiro atoms. The van der Waals surface area contributed by atoms with Crippen molar-refractivity contribution < 1.29 is 4.79 Å². The van der Waals surface area contributed by atoms with E-state index in [1.807, 2.05) is 34.9 Å². The van der Waals surface area contributed by atoms with Crippen molar-refractivity contribution in [3.05, 3.63) is 95.6 Å². The summed E-state index contributed by atoms with van der Waals surface area (Å²) in [7, 11) is 0. The number of benzene rings is 3. The van der Waals surface area contributed by atoms with Gasteiger partial charge in [-0.3, -0.25) is 4.79 Å². The largest absolute Gasteiger partial charge is 0.358 e. The van der Waals surface area contributed by atoms with Crippen LogP contribution in [-0.4, -0.2) is 22.5 Å². The summed E-state index contributed by atoms with van der Waals surface area (Å²) in [6.45, 7) is 2.13. The molecule has 0 atom stereocenters. The second-order valence-electron chi connectivity index (χ2n) is 7.79. The Morgan fingerprint density at radius 3 is 2.38 bits per heavy atom. The van der Waals surface area contributed by atoms with Crippen LogP contribution in [0.2, 0.25) is 0 Å². The van der Waals surface area contributed by atoms with E-state index in [9.17, 15) is 4.79 Å². The summed E-state index contributed by atoms with van der Waals surface area (Å²) in [6, 6.07) is 27.0. The number of thiocarbonyl (C=S) groups is 1. The molecule has 3 aromatic rings. The first kappa shape index (κ1) is 22.4. The molecule has 1 aliphatic rings. The predicted octanol–water partition coefficient (Wildman–Crippen LogP) is 5.59. The van der Waals surface area contributed by atoms with E-state index in [1.165, 1.54) is 16.0 Å². The molecule has 0 bridgehead atoms. The summed E-state index contributed by atoms with van der Waals surface area (Å²) in [4.78, 5) is 15.2. The molecule has 1 heterocycles. The van der Waals surface area contributed by atoms with Gasteiger partial charge in [0.15, 0.2) is 5.11 Å². The molecule has 1 aliphatic heterocycles. The minimum Gasteiger partial charge on any atom is -0.358 e. The van der Waals surface area contributed by atoms with Crippen LogP contribution in [0.1, 0.15) is 29.5 Å². The number of nitrogens with zero attached hydrogens (tertiary/aromatic N) is 1. The van der Waals surface area contributed by atoms with Crippen molar-refractivity contribution in [2.75, 3.05) is 11.9 Å². The van der Waals surface area contributed by atoms with Gasteiger partial charge in [-0.05, 0) is 59.6 Å². The highest BCUT2D eigenvalue weighted by atomic mass is 32.2. The summed E-state index contributed by atoms with van der Waals surface area (Å²) in [5.74, 6) is 1.18. The molecule has 1 amide bonds. The highest BCUT2D eigenvalue weighted by molar-refractivity contribution is 7.98. The molecule has 4 rings (SSSR count). The highest BCUT2D eigenvalue weighted by Crippen LogP contribution is 2.23. The van der Waals surface area contributed by atoms with Gasteiger partial charge in [0, 0.05) is 42.4 Å². The van der Waals surface area contributed by atoms with E-state index in [4.69, 9.17) is 12.2 Å². The summed E-state index contributed by atoms with van der Waals surface area (Å²) in [5, 5.41) is 7.15. The number of anilines is 1. The summed E-state index contributed by atoms with van der Waals surface area (Å²) >= 11 is 7.33. The van der Waals surface area contributed by atoms with E-state index in [0.29, 0.717) is 24.6 Å². The van der Waals surface area contributed by atoms with E-state index in [0.717, 1.165) is 30.0 Å². The average molecular weight is 462 g/mol. The summed E-state index contributed by atoms with van der Waals surface area (Å²) < 4.78 is 0. The lowest BCUT2D eigenvalue weighted by Crippen LogP contribution is -2.29. The maximum absolute atomic E-state index is 12.0. The van der Waals surface area contributed by atoms with Crippen molar-refractivity contribution in [1.82, 2.24) is 10.2 Å². The van der Waals surface area contributed by atoms with Crippen molar-refractivity contribution in [3.63, 3.8) is 0 Å². The van der Waals surface area contributed by atoms with Gasteiger partial charge in [0.05, 0.1) is 0 Å². The van der Waals surface area contributed by atoms with Crippen LogP contribution in [0.15, 0.2) is 83.8 Å². The molecule has 4 nitrogen and oxygen atoms in total. The number of rotatable bonds is 8. The van der Waals surface area contributed by atoms with E-state index in [2.05, 4.69) is 71.3 Å². The van der Waals surface area contributed by atoms with Gasteiger partial charge in [-0.2, -0.15) is 0 Å². The fourth-order valence-corrected chi connectivity index (χ4v) is 4.74. The molecular weight excluding hydrogens is 434 g/mol. The fraction of sp³-hybridized carbons (Fsp3) is 0.231. The molecule has 0 radical (unpaired) electrons. The summed E-state index contributed by atoms with van der Waals surface area (Å²) in [6.07, 6.45) is 1.62. The topological polar surface area (TPSA) is 44.4 Å². The molecule has 6 heteroatoms. The summed E-state index contributed by atoms with van der Waals surface area (Å²) in [5.41, 5.74) is 4.56. The Morgan fingerprint density at radius 2 is 1.66 bits per heavy atom. The first-order valence-electron chi connectivity index (χ1n) is 10.8. The monoisotopic (exact) mass is 461 g/mol. The van der Waals surface area contributed by atoms with Gasteiger partial charge >= 0.3 is 0 Å². The molecule has 164 valence electrons. The van der Waals surface area contributed by atoms with Gasteiger partial charge in [0.1, 0.15) is 0 Å². The Kier molecular flexibility index (Phi) is 7.80. The number of hydrogen-bond acceptors (Lipinski definition) is 3. The van der Waals surface area contributed by atoms with Crippen molar-refractivity contribution in [3.8, 4) is 0 Å². The lowest BCUT2D eigenvalue weighted by atomic mass is 10.1. The van der Waals surface area contributed by atoms with E-state index < -0.39 is 0 Å². The van der Waals surface area contributed by atoms with Crippen molar-refractivity contribution in [2.24, 2.45) is 0 Å². The Labute approximate surface area is 199 Å². The molecule has 0 aromatic heterocycles. The van der Waals surface area contributed by atoms with Gasteiger partial charge in [0.25, 0.3) is 0 Å². The van der Waals surface area contributed by atoms with Crippen LogP contribution in [0.5, 0.6) is 0 Å². The standard InChI is InChI=1S/C26H27N3OS2/c30-25-11-6-16-29(25)18-22-8-5-4-7-21(22)17-27-26(31)28-23-14-12-20(13-15-23)19-32-24-9-2-1-3-10-24/h1-5,7-10,12-15H,6,11,16-19H2,(H2,27,28,31). The van der Waals surface area contributed by atoms with Gasteiger partial charge < -0.3 is 15.5 Å². The Hall–Kier alpha value is -2.83. The van der Waals surface area contributed by atoms with Gasteiger partial charge in [-0.1, -0.05) is 54.6 Å². The van der Waals surface area contributed by atoms with Gasteiger partial charge in [-0.15, -0.1) is 11.8 Å². The number of amides is 1. The minimum atomic E-state index is 0.246. The first-order valence-corrected chi connectivity index (χ1v) is 12.2.